The maximum absolute atomic E-state index is 11.3. The summed E-state index contributed by atoms with van der Waals surface area (Å²) in [6.45, 7) is 3.28. The Bertz CT molecular complexity index is 278. The average molecular weight is 311 g/mol. The van der Waals surface area contributed by atoms with Gasteiger partial charge in [0, 0.05) is 12.8 Å². The fraction of sp³-hybridized carbons (Fsp3) is 0.625. The molecule has 0 saturated carbocycles. The number of hydrogen-bond donors (Lipinski definition) is 0. The molecular formula is C8H10INO4. The molecule has 0 radical (unpaired) electrons. The molecule has 1 rings (SSSR count). The zero-order chi connectivity index (χ0) is 10.9. The fourth-order valence-corrected chi connectivity index (χ4v) is 0.948. The third kappa shape index (κ3) is 2.43. The quantitative estimate of drug-likeness (QED) is 0.430. The summed E-state index contributed by atoms with van der Waals surface area (Å²) in [5, 5.41) is 0.558. The number of alkyl halides is 1. The molecule has 6 heteroatoms. The molecule has 0 aromatic carbocycles. The van der Waals surface area contributed by atoms with Crippen molar-refractivity contribution in [1.29, 1.82) is 0 Å². The lowest BCUT2D eigenvalue weighted by atomic mass is 10.2. The van der Waals surface area contributed by atoms with E-state index in [4.69, 9.17) is 0 Å². The van der Waals surface area contributed by atoms with Gasteiger partial charge in [0.05, 0.1) is 0 Å². The van der Waals surface area contributed by atoms with Crippen LogP contribution in [-0.2, 0) is 19.2 Å². The molecule has 0 N–H and O–H groups in total. The van der Waals surface area contributed by atoms with E-state index in [9.17, 15) is 14.4 Å². The highest BCUT2D eigenvalue weighted by atomic mass is 127. The summed E-state index contributed by atoms with van der Waals surface area (Å²) in [5.41, 5.74) is 0. The zero-order valence-corrected chi connectivity index (χ0v) is 10.0. The Kier molecular flexibility index (Phi) is 3.13. The Morgan fingerprint density at radius 2 is 1.79 bits per heavy atom. The van der Waals surface area contributed by atoms with Gasteiger partial charge in [0.25, 0.3) is 11.8 Å². The average Bonchev–Trinajstić information content (AvgIpc) is 2.34. The summed E-state index contributed by atoms with van der Waals surface area (Å²) in [6, 6.07) is 0. The van der Waals surface area contributed by atoms with Crippen molar-refractivity contribution in [2.45, 2.75) is 30.1 Å². The van der Waals surface area contributed by atoms with Crippen LogP contribution in [0.1, 0.15) is 26.7 Å². The minimum Gasteiger partial charge on any atom is -0.329 e. The molecule has 1 fully saturated rings. The van der Waals surface area contributed by atoms with Crippen LogP contribution in [-0.4, -0.2) is 26.3 Å². The zero-order valence-electron chi connectivity index (χ0n) is 7.87. The predicted octanol–water partition coefficient (Wildman–Crippen LogP) is 0.807. The van der Waals surface area contributed by atoms with Gasteiger partial charge in [-0.05, 0) is 13.8 Å². The standard InChI is InChI=1S/C8H10INO4/c1-8(2,9)7(13)14-10-5(11)3-4-6(10)12/h3-4H2,1-2H3. The molecule has 0 bridgehead atoms. The molecule has 1 saturated heterocycles. The van der Waals surface area contributed by atoms with Gasteiger partial charge in [-0.2, -0.15) is 0 Å². The van der Waals surface area contributed by atoms with Crippen molar-refractivity contribution in [3.63, 3.8) is 0 Å². The molecule has 78 valence electrons. The molecule has 0 aliphatic carbocycles. The van der Waals surface area contributed by atoms with E-state index in [0.717, 1.165) is 0 Å². The highest BCUT2D eigenvalue weighted by molar-refractivity contribution is 14.1. The van der Waals surface area contributed by atoms with E-state index >= 15 is 0 Å². The molecule has 0 aromatic heterocycles. The number of carbonyl (C=O) groups is 3. The van der Waals surface area contributed by atoms with Crippen molar-refractivity contribution in [3.8, 4) is 0 Å². The number of imide groups is 1. The third-order valence-electron chi connectivity index (χ3n) is 1.67. The predicted molar refractivity (Wildman–Crippen MR) is 55.3 cm³/mol. The fourth-order valence-electron chi connectivity index (χ4n) is 0.849. The van der Waals surface area contributed by atoms with Gasteiger partial charge in [0.1, 0.15) is 3.42 Å². The molecule has 14 heavy (non-hydrogen) atoms. The Labute approximate surface area is 94.9 Å². The molecule has 1 aliphatic rings. The van der Waals surface area contributed by atoms with Gasteiger partial charge in [-0.3, -0.25) is 9.59 Å². The number of amides is 2. The third-order valence-corrected chi connectivity index (χ3v) is 2.11. The first-order valence-corrected chi connectivity index (χ1v) is 5.17. The first-order valence-electron chi connectivity index (χ1n) is 4.09. The van der Waals surface area contributed by atoms with E-state index < -0.39 is 21.2 Å². The van der Waals surface area contributed by atoms with Crippen molar-refractivity contribution < 1.29 is 19.2 Å². The number of rotatable bonds is 2. The monoisotopic (exact) mass is 311 g/mol. The number of nitrogens with zero attached hydrogens (tertiary/aromatic N) is 1. The van der Waals surface area contributed by atoms with Crippen LogP contribution < -0.4 is 0 Å². The Hall–Kier alpha value is -0.660. The van der Waals surface area contributed by atoms with E-state index in [1.54, 1.807) is 13.8 Å². The van der Waals surface area contributed by atoms with Crippen molar-refractivity contribution in [1.82, 2.24) is 5.06 Å². The van der Waals surface area contributed by atoms with Gasteiger partial charge in [-0.15, -0.1) is 5.06 Å². The largest absolute Gasteiger partial charge is 0.348 e. The SMILES string of the molecule is CC(C)(I)C(=O)ON1C(=O)CCC1=O. The molecule has 1 heterocycles. The number of halogens is 1. The number of hydroxylamine groups is 2. The molecule has 5 nitrogen and oxygen atoms in total. The molecule has 0 aromatic rings. The topological polar surface area (TPSA) is 63.7 Å². The Balaban J connectivity index is 2.65. The smallest absolute Gasteiger partial charge is 0.329 e. The van der Waals surface area contributed by atoms with E-state index in [2.05, 4.69) is 4.84 Å². The van der Waals surface area contributed by atoms with Crippen LogP contribution in [0.4, 0.5) is 0 Å². The molecule has 2 amide bonds. The summed E-state index contributed by atoms with van der Waals surface area (Å²) in [4.78, 5) is 38.2. The molecule has 0 spiro atoms. The van der Waals surface area contributed by atoms with Crippen LogP contribution in [0.25, 0.3) is 0 Å². The van der Waals surface area contributed by atoms with Gasteiger partial charge in [0.2, 0.25) is 0 Å². The highest BCUT2D eigenvalue weighted by Gasteiger charge is 2.36. The van der Waals surface area contributed by atoms with Crippen LogP contribution >= 0.6 is 22.6 Å². The van der Waals surface area contributed by atoms with Crippen LogP contribution in [0.2, 0.25) is 0 Å². The van der Waals surface area contributed by atoms with Gasteiger partial charge in [-0.1, -0.05) is 22.6 Å². The van der Waals surface area contributed by atoms with E-state index in [0.29, 0.717) is 5.06 Å². The van der Waals surface area contributed by atoms with Gasteiger partial charge in [-0.25, -0.2) is 4.79 Å². The lowest BCUT2D eigenvalue weighted by molar-refractivity contribution is -0.198. The highest BCUT2D eigenvalue weighted by Crippen LogP contribution is 2.21. The summed E-state index contributed by atoms with van der Waals surface area (Å²) in [7, 11) is 0. The maximum Gasteiger partial charge on any atom is 0.348 e. The van der Waals surface area contributed by atoms with Crippen molar-refractivity contribution in [3.05, 3.63) is 0 Å². The van der Waals surface area contributed by atoms with Crippen LogP contribution in [0.5, 0.6) is 0 Å². The van der Waals surface area contributed by atoms with E-state index in [1.165, 1.54) is 0 Å². The van der Waals surface area contributed by atoms with Crippen molar-refractivity contribution in [2.24, 2.45) is 0 Å². The van der Waals surface area contributed by atoms with Gasteiger partial charge >= 0.3 is 5.97 Å². The van der Waals surface area contributed by atoms with E-state index in [1.807, 2.05) is 22.6 Å². The summed E-state index contributed by atoms with van der Waals surface area (Å²) in [5.74, 6) is -1.50. The lowest BCUT2D eigenvalue weighted by Gasteiger charge is -2.18. The second kappa shape index (κ2) is 3.84. The maximum atomic E-state index is 11.3. The number of hydrogen-bond acceptors (Lipinski definition) is 4. The molecule has 1 aliphatic heterocycles. The minimum atomic E-state index is -0.749. The Morgan fingerprint density at radius 3 is 2.14 bits per heavy atom. The molecular weight excluding hydrogens is 301 g/mol. The second-order valence-electron chi connectivity index (χ2n) is 3.43. The van der Waals surface area contributed by atoms with Gasteiger partial charge in [0.15, 0.2) is 0 Å². The molecule has 0 atom stereocenters. The van der Waals surface area contributed by atoms with Crippen LogP contribution in [0.15, 0.2) is 0 Å². The van der Waals surface area contributed by atoms with Gasteiger partial charge < -0.3 is 4.84 Å². The molecule has 0 unspecified atom stereocenters. The lowest BCUT2D eigenvalue weighted by Crippen LogP contribution is -2.38. The summed E-state index contributed by atoms with van der Waals surface area (Å²) >= 11 is 1.88. The van der Waals surface area contributed by atoms with Crippen LogP contribution in [0.3, 0.4) is 0 Å². The van der Waals surface area contributed by atoms with Crippen molar-refractivity contribution in [2.75, 3.05) is 0 Å². The minimum absolute atomic E-state index is 0.119. The number of carbonyl (C=O) groups excluding carboxylic acids is 3. The van der Waals surface area contributed by atoms with Crippen LogP contribution in [0, 0.1) is 0 Å². The summed E-state index contributed by atoms with van der Waals surface area (Å²) in [6.07, 6.45) is 0.238. The van der Waals surface area contributed by atoms with E-state index in [-0.39, 0.29) is 12.8 Å². The summed E-state index contributed by atoms with van der Waals surface area (Å²) < 4.78 is -0.749. The second-order valence-corrected chi connectivity index (χ2v) is 6.13. The van der Waals surface area contributed by atoms with Crippen molar-refractivity contribution >= 4 is 40.4 Å². The first kappa shape index (κ1) is 11.4. The first-order chi connectivity index (χ1) is 6.32. The normalized spacial score (nSPS) is 17.5. The Morgan fingerprint density at radius 1 is 1.36 bits per heavy atom.